The summed E-state index contributed by atoms with van der Waals surface area (Å²) in [5.41, 5.74) is 1.32. The van der Waals surface area contributed by atoms with Crippen molar-refractivity contribution in [3.63, 3.8) is 0 Å². The second kappa shape index (κ2) is 6.13. The standard InChI is InChI=1S/C13H16ClN3O4S/c1-20-11-7-21-8-12(11)22(18,19)15-4-10-6-17-5-9(14)2-3-13(17)16-10/h2-3,5-6,11-12,15H,4,7-8H2,1H3. The molecule has 0 aliphatic carbocycles. The third kappa shape index (κ3) is 3.11. The van der Waals surface area contributed by atoms with Crippen LogP contribution in [0.25, 0.3) is 5.65 Å². The minimum absolute atomic E-state index is 0.106. The molecule has 2 aromatic rings. The normalized spacial score (nSPS) is 22.5. The van der Waals surface area contributed by atoms with Crippen LogP contribution in [0.1, 0.15) is 5.69 Å². The van der Waals surface area contributed by atoms with Crippen LogP contribution in [0.3, 0.4) is 0 Å². The number of halogens is 1. The quantitative estimate of drug-likeness (QED) is 0.867. The molecule has 7 nitrogen and oxygen atoms in total. The molecule has 22 heavy (non-hydrogen) atoms. The molecule has 0 amide bonds. The van der Waals surface area contributed by atoms with Crippen LogP contribution in [-0.2, 0) is 26.0 Å². The zero-order valence-electron chi connectivity index (χ0n) is 11.9. The molecular formula is C13H16ClN3O4S. The lowest BCUT2D eigenvalue weighted by Crippen LogP contribution is -2.41. The molecule has 120 valence electrons. The summed E-state index contributed by atoms with van der Waals surface area (Å²) in [7, 11) is -2.06. The van der Waals surface area contributed by atoms with Crippen LogP contribution in [-0.4, -0.2) is 49.5 Å². The summed E-state index contributed by atoms with van der Waals surface area (Å²) in [5.74, 6) is 0. The fourth-order valence-electron chi connectivity index (χ4n) is 2.41. The Morgan fingerprint density at radius 2 is 2.27 bits per heavy atom. The van der Waals surface area contributed by atoms with Gasteiger partial charge in [-0.1, -0.05) is 11.6 Å². The third-order valence-corrected chi connectivity index (χ3v) is 5.61. The van der Waals surface area contributed by atoms with Crippen LogP contribution in [0.5, 0.6) is 0 Å². The summed E-state index contributed by atoms with van der Waals surface area (Å²) in [6, 6.07) is 3.50. The van der Waals surface area contributed by atoms with E-state index in [0.717, 1.165) is 0 Å². The van der Waals surface area contributed by atoms with Crippen molar-refractivity contribution in [1.29, 1.82) is 0 Å². The topological polar surface area (TPSA) is 81.9 Å². The Labute approximate surface area is 133 Å². The number of aromatic nitrogens is 2. The van der Waals surface area contributed by atoms with Gasteiger partial charge < -0.3 is 13.9 Å². The molecule has 2 unspecified atom stereocenters. The molecule has 1 N–H and O–H groups in total. The number of fused-ring (bicyclic) bond motifs is 1. The number of nitrogens with one attached hydrogen (secondary N) is 1. The molecule has 0 saturated carbocycles. The average molecular weight is 346 g/mol. The fourth-order valence-corrected chi connectivity index (χ4v) is 4.00. The van der Waals surface area contributed by atoms with Gasteiger partial charge in [0, 0.05) is 19.5 Å². The Bertz CT molecular complexity index is 777. The van der Waals surface area contributed by atoms with Gasteiger partial charge in [-0.05, 0) is 12.1 Å². The second-order valence-electron chi connectivity index (χ2n) is 5.06. The Morgan fingerprint density at radius 3 is 3.05 bits per heavy atom. The van der Waals surface area contributed by atoms with Crippen molar-refractivity contribution in [1.82, 2.24) is 14.1 Å². The Kier molecular flexibility index (Phi) is 4.37. The number of ether oxygens (including phenoxy) is 2. The average Bonchev–Trinajstić information content (AvgIpc) is 3.11. The Balaban J connectivity index is 1.72. The van der Waals surface area contributed by atoms with Gasteiger partial charge in [0.05, 0.1) is 30.5 Å². The van der Waals surface area contributed by atoms with Crippen LogP contribution >= 0.6 is 11.6 Å². The molecule has 2 aromatic heterocycles. The van der Waals surface area contributed by atoms with Crippen molar-refractivity contribution in [2.24, 2.45) is 0 Å². The van der Waals surface area contributed by atoms with E-state index in [9.17, 15) is 8.42 Å². The number of rotatable bonds is 5. The molecule has 0 bridgehead atoms. The minimum Gasteiger partial charge on any atom is -0.378 e. The predicted molar refractivity (Wildman–Crippen MR) is 81.4 cm³/mol. The first-order valence-electron chi connectivity index (χ1n) is 6.72. The summed E-state index contributed by atoms with van der Waals surface area (Å²) in [6.07, 6.45) is 3.01. The molecule has 1 fully saturated rings. The van der Waals surface area contributed by atoms with E-state index >= 15 is 0 Å². The number of imidazole rings is 1. The van der Waals surface area contributed by atoms with Gasteiger partial charge in [0.1, 0.15) is 17.0 Å². The molecule has 0 radical (unpaired) electrons. The molecule has 1 saturated heterocycles. The minimum atomic E-state index is -3.54. The van der Waals surface area contributed by atoms with E-state index in [-0.39, 0.29) is 19.8 Å². The highest BCUT2D eigenvalue weighted by Crippen LogP contribution is 2.17. The maximum absolute atomic E-state index is 12.3. The highest BCUT2D eigenvalue weighted by atomic mass is 35.5. The van der Waals surface area contributed by atoms with E-state index in [2.05, 4.69) is 9.71 Å². The van der Waals surface area contributed by atoms with Crippen LogP contribution < -0.4 is 4.72 Å². The number of hydrogen-bond acceptors (Lipinski definition) is 5. The van der Waals surface area contributed by atoms with Crippen LogP contribution in [0.2, 0.25) is 5.02 Å². The number of hydrogen-bond donors (Lipinski definition) is 1. The van der Waals surface area contributed by atoms with Crippen molar-refractivity contribution in [2.45, 2.75) is 17.9 Å². The first-order chi connectivity index (χ1) is 10.5. The molecule has 9 heteroatoms. The maximum Gasteiger partial charge on any atom is 0.219 e. The van der Waals surface area contributed by atoms with Crippen molar-refractivity contribution in [3.8, 4) is 0 Å². The summed E-state index contributed by atoms with van der Waals surface area (Å²) in [6.45, 7) is 0.526. The number of pyridine rings is 1. The van der Waals surface area contributed by atoms with Gasteiger partial charge in [-0.3, -0.25) is 0 Å². The molecule has 1 aliphatic heterocycles. The van der Waals surface area contributed by atoms with Gasteiger partial charge in [-0.15, -0.1) is 0 Å². The van der Waals surface area contributed by atoms with Crippen molar-refractivity contribution < 1.29 is 17.9 Å². The zero-order valence-corrected chi connectivity index (χ0v) is 13.5. The van der Waals surface area contributed by atoms with Gasteiger partial charge in [0.15, 0.2) is 0 Å². The van der Waals surface area contributed by atoms with Crippen molar-refractivity contribution in [2.75, 3.05) is 20.3 Å². The van der Waals surface area contributed by atoms with Gasteiger partial charge in [-0.25, -0.2) is 18.1 Å². The van der Waals surface area contributed by atoms with Gasteiger partial charge in [0.25, 0.3) is 0 Å². The first-order valence-corrected chi connectivity index (χ1v) is 8.64. The summed E-state index contributed by atoms with van der Waals surface area (Å²) < 4.78 is 39.3. The highest BCUT2D eigenvalue weighted by Gasteiger charge is 2.38. The summed E-state index contributed by atoms with van der Waals surface area (Å²) >= 11 is 5.91. The summed E-state index contributed by atoms with van der Waals surface area (Å²) in [5, 5.41) is -0.118. The lowest BCUT2D eigenvalue weighted by atomic mass is 10.3. The van der Waals surface area contributed by atoms with E-state index in [1.165, 1.54) is 7.11 Å². The fraction of sp³-hybridized carbons (Fsp3) is 0.462. The van der Waals surface area contributed by atoms with E-state index in [1.54, 1.807) is 28.9 Å². The second-order valence-corrected chi connectivity index (χ2v) is 7.48. The predicted octanol–water partition coefficient (Wildman–Crippen LogP) is 0.821. The third-order valence-electron chi connectivity index (χ3n) is 3.60. The van der Waals surface area contributed by atoms with Gasteiger partial charge in [0.2, 0.25) is 10.0 Å². The van der Waals surface area contributed by atoms with Crippen LogP contribution in [0.4, 0.5) is 0 Å². The zero-order chi connectivity index (χ0) is 15.7. The van der Waals surface area contributed by atoms with E-state index in [0.29, 0.717) is 16.4 Å². The van der Waals surface area contributed by atoms with E-state index in [1.807, 2.05) is 0 Å². The monoisotopic (exact) mass is 345 g/mol. The first kappa shape index (κ1) is 15.7. The van der Waals surface area contributed by atoms with Crippen LogP contribution in [0, 0.1) is 0 Å². The van der Waals surface area contributed by atoms with Crippen LogP contribution in [0.15, 0.2) is 24.5 Å². The SMILES string of the molecule is COC1COCC1S(=O)(=O)NCc1cn2cc(Cl)ccc2n1. The van der Waals surface area contributed by atoms with Crippen molar-refractivity contribution >= 4 is 27.3 Å². The van der Waals surface area contributed by atoms with E-state index in [4.69, 9.17) is 21.1 Å². The maximum atomic E-state index is 12.3. The van der Waals surface area contributed by atoms with E-state index < -0.39 is 21.4 Å². The molecule has 3 rings (SSSR count). The number of methoxy groups -OCH3 is 1. The highest BCUT2D eigenvalue weighted by molar-refractivity contribution is 7.90. The molecule has 0 spiro atoms. The van der Waals surface area contributed by atoms with Crippen molar-refractivity contribution in [3.05, 3.63) is 35.2 Å². The molecule has 1 aliphatic rings. The smallest absolute Gasteiger partial charge is 0.219 e. The lowest BCUT2D eigenvalue weighted by molar-refractivity contribution is 0.0828. The molecule has 2 atom stereocenters. The van der Waals surface area contributed by atoms with Gasteiger partial charge in [-0.2, -0.15) is 0 Å². The number of sulfonamides is 1. The molecule has 0 aromatic carbocycles. The Hall–Kier alpha value is -1.19. The Morgan fingerprint density at radius 1 is 1.45 bits per heavy atom. The molecular weight excluding hydrogens is 330 g/mol. The number of nitrogens with zero attached hydrogens (tertiary/aromatic N) is 2. The molecule has 3 heterocycles. The largest absolute Gasteiger partial charge is 0.378 e. The van der Waals surface area contributed by atoms with Gasteiger partial charge >= 0.3 is 0 Å². The summed E-state index contributed by atoms with van der Waals surface area (Å²) in [4.78, 5) is 4.34. The lowest BCUT2D eigenvalue weighted by Gasteiger charge is -2.16.